The first kappa shape index (κ1) is 16.0. The highest BCUT2D eigenvalue weighted by Gasteiger charge is 2.24. The van der Waals surface area contributed by atoms with Gasteiger partial charge in [-0.2, -0.15) is 5.10 Å². The molecule has 7 heteroatoms. The van der Waals surface area contributed by atoms with Gasteiger partial charge in [0.2, 0.25) is 0 Å². The van der Waals surface area contributed by atoms with E-state index in [0.717, 1.165) is 0 Å². The number of amides is 1. The van der Waals surface area contributed by atoms with Gasteiger partial charge in [-0.1, -0.05) is 31.5 Å². The van der Waals surface area contributed by atoms with Crippen LogP contribution in [0.2, 0.25) is 5.02 Å². The molecule has 0 saturated carbocycles. The molecule has 1 unspecified atom stereocenters. The maximum atomic E-state index is 12.1. The van der Waals surface area contributed by atoms with E-state index in [1.54, 1.807) is 44.3 Å². The molecule has 1 amide bonds. The summed E-state index contributed by atoms with van der Waals surface area (Å²) in [6.07, 6.45) is 1.62. The molecule has 0 radical (unpaired) electrons. The molecule has 116 valence electrons. The molecular formula is C15H16ClN3O3. The van der Waals surface area contributed by atoms with Crippen molar-refractivity contribution in [2.45, 2.75) is 19.9 Å². The fourth-order valence-electron chi connectivity index (χ4n) is 1.94. The highest BCUT2D eigenvalue weighted by molar-refractivity contribution is 6.30. The summed E-state index contributed by atoms with van der Waals surface area (Å²) in [5.41, 5.74) is 0.858. The lowest BCUT2D eigenvalue weighted by Gasteiger charge is -2.16. The number of rotatable bonds is 5. The molecule has 0 spiro atoms. The molecular weight excluding hydrogens is 306 g/mol. The van der Waals surface area contributed by atoms with Crippen molar-refractivity contribution in [1.82, 2.24) is 15.1 Å². The fraction of sp³-hybridized carbons (Fsp3) is 0.267. The highest BCUT2D eigenvalue weighted by Crippen LogP contribution is 2.14. The molecule has 2 rings (SSSR count). The smallest absolute Gasteiger partial charge is 0.326 e. The average molecular weight is 322 g/mol. The van der Waals surface area contributed by atoms with Crippen LogP contribution in [0.1, 0.15) is 24.3 Å². The van der Waals surface area contributed by atoms with E-state index < -0.39 is 17.9 Å². The predicted molar refractivity (Wildman–Crippen MR) is 82.3 cm³/mol. The van der Waals surface area contributed by atoms with E-state index >= 15 is 0 Å². The number of nitrogens with zero attached hydrogens (tertiary/aromatic N) is 2. The van der Waals surface area contributed by atoms with Gasteiger partial charge in [0.1, 0.15) is 6.04 Å². The number of aliphatic carboxylic acids is 1. The molecule has 1 atom stereocenters. The molecule has 2 N–H and O–H groups in total. The second kappa shape index (κ2) is 6.62. The minimum Gasteiger partial charge on any atom is -0.480 e. The van der Waals surface area contributed by atoms with Gasteiger partial charge in [0.15, 0.2) is 5.69 Å². The summed E-state index contributed by atoms with van der Waals surface area (Å²) in [5, 5.41) is 16.3. The number of carbonyl (C=O) groups is 2. The fourth-order valence-corrected chi connectivity index (χ4v) is 2.12. The Balaban J connectivity index is 2.17. The van der Waals surface area contributed by atoms with Crippen molar-refractivity contribution in [2.24, 2.45) is 5.92 Å². The number of halogens is 1. The number of hydrogen-bond donors (Lipinski definition) is 2. The van der Waals surface area contributed by atoms with Gasteiger partial charge >= 0.3 is 5.97 Å². The van der Waals surface area contributed by atoms with Crippen LogP contribution in [0, 0.1) is 5.92 Å². The van der Waals surface area contributed by atoms with Crippen LogP contribution in [-0.2, 0) is 4.79 Å². The number of aromatic nitrogens is 2. The van der Waals surface area contributed by atoms with Crippen molar-refractivity contribution in [1.29, 1.82) is 0 Å². The van der Waals surface area contributed by atoms with Crippen LogP contribution in [0.25, 0.3) is 5.69 Å². The van der Waals surface area contributed by atoms with E-state index in [1.807, 2.05) is 0 Å². The molecule has 22 heavy (non-hydrogen) atoms. The number of hydrogen-bond acceptors (Lipinski definition) is 3. The lowest BCUT2D eigenvalue weighted by atomic mass is 10.0. The summed E-state index contributed by atoms with van der Waals surface area (Å²) in [7, 11) is 0. The maximum Gasteiger partial charge on any atom is 0.326 e. The summed E-state index contributed by atoms with van der Waals surface area (Å²) >= 11 is 5.92. The summed E-state index contributed by atoms with van der Waals surface area (Å²) in [6, 6.07) is 7.60. The zero-order valence-corrected chi connectivity index (χ0v) is 12.9. The van der Waals surface area contributed by atoms with E-state index in [2.05, 4.69) is 10.4 Å². The van der Waals surface area contributed by atoms with E-state index in [9.17, 15) is 9.59 Å². The Morgan fingerprint density at radius 2 is 2.05 bits per heavy atom. The molecule has 1 heterocycles. The van der Waals surface area contributed by atoms with Crippen molar-refractivity contribution in [3.8, 4) is 5.69 Å². The first-order chi connectivity index (χ1) is 10.4. The molecule has 0 aliphatic rings. The average Bonchev–Trinajstić information content (AvgIpc) is 2.93. The minimum atomic E-state index is -1.07. The Kier molecular flexibility index (Phi) is 4.82. The Hall–Kier alpha value is -2.34. The van der Waals surface area contributed by atoms with Gasteiger partial charge in [0, 0.05) is 11.2 Å². The van der Waals surface area contributed by atoms with Gasteiger partial charge in [-0.3, -0.25) is 4.79 Å². The third kappa shape index (κ3) is 3.65. The first-order valence-electron chi connectivity index (χ1n) is 6.74. The zero-order chi connectivity index (χ0) is 16.3. The van der Waals surface area contributed by atoms with Crippen molar-refractivity contribution in [3.05, 3.63) is 47.2 Å². The Morgan fingerprint density at radius 1 is 1.32 bits per heavy atom. The maximum absolute atomic E-state index is 12.1. The number of carboxylic acid groups (broad SMARTS) is 1. The number of carbonyl (C=O) groups excluding carboxylic acids is 1. The van der Waals surface area contributed by atoms with Crippen molar-refractivity contribution in [3.63, 3.8) is 0 Å². The largest absolute Gasteiger partial charge is 0.480 e. The topological polar surface area (TPSA) is 84.2 Å². The monoisotopic (exact) mass is 321 g/mol. The number of benzene rings is 1. The molecule has 1 aromatic carbocycles. The van der Waals surface area contributed by atoms with Crippen LogP contribution >= 0.6 is 11.6 Å². The van der Waals surface area contributed by atoms with Crippen LogP contribution in [0.3, 0.4) is 0 Å². The van der Waals surface area contributed by atoms with E-state index in [0.29, 0.717) is 10.7 Å². The van der Waals surface area contributed by atoms with Crippen LogP contribution in [0.4, 0.5) is 0 Å². The minimum absolute atomic E-state index is 0.145. The van der Waals surface area contributed by atoms with Gasteiger partial charge in [0.05, 0.1) is 5.69 Å². The van der Waals surface area contributed by atoms with Crippen LogP contribution in [0.5, 0.6) is 0 Å². The van der Waals surface area contributed by atoms with E-state index in [4.69, 9.17) is 16.7 Å². The SMILES string of the molecule is CC(C)C(NC(=O)c1ccn(-c2cccc(Cl)c2)n1)C(=O)O. The molecule has 2 aromatic rings. The van der Waals surface area contributed by atoms with E-state index in [-0.39, 0.29) is 11.6 Å². The van der Waals surface area contributed by atoms with Crippen molar-refractivity contribution in [2.75, 3.05) is 0 Å². The zero-order valence-electron chi connectivity index (χ0n) is 12.2. The summed E-state index contributed by atoms with van der Waals surface area (Å²) in [4.78, 5) is 23.2. The van der Waals surface area contributed by atoms with Crippen LogP contribution < -0.4 is 5.32 Å². The normalized spacial score (nSPS) is 12.2. The Morgan fingerprint density at radius 3 is 2.64 bits per heavy atom. The van der Waals surface area contributed by atoms with Crippen LogP contribution in [0.15, 0.2) is 36.5 Å². The third-order valence-electron chi connectivity index (χ3n) is 3.11. The Labute approximate surface area is 132 Å². The standard InChI is InChI=1S/C15H16ClN3O3/c1-9(2)13(15(21)22)17-14(20)12-6-7-19(18-12)11-5-3-4-10(16)8-11/h3-9,13H,1-2H3,(H,17,20)(H,21,22). The van der Waals surface area contributed by atoms with Gasteiger partial charge in [-0.15, -0.1) is 0 Å². The second-order valence-electron chi connectivity index (χ2n) is 5.16. The van der Waals surface area contributed by atoms with Gasteiger partial charge < -0.3 is 10.4 Å². The van der Waals surface area contributed by atoms with Crippen molar-refractivity contribution < 1.29 is 14.7 Å². The summed E-state index contributed by atoms with van der Waals surface area (Å²) in [6.45, 7) is 3.45. The second-order valence-corrected chi connectivity index (χ2v) is 5.60. The lowest BCUT2D eigenvalue weighted by Crippen LogP contribution is -2.44. The molecule has 0 bridgehead atoms. The quantitative estimate of drug-likeness (QED) is 0.885. The number of nitrogens with one attached hydrogen (secondary N) is 1. The first-order valence-corrected chi connectivity index (χ1v) is 7.11. The predicted octanol–water partition coefficient (Wildman–Crippen LogP) is 2.36. The van der Waals surface area contributed by atoms with E-state index in [1.165, 1.54) is 10.7 Å². The van der Waals surface area contributed by atoms with Gasteiger partial charge in [-0.05, 0) is 30.2 Å². The Bertz CT molecular complexity index is 697. The molecule has 0 aliphatic carbocycles. The van der Waals surface area contributed by atoms with Gasteiger partial charge in [0.25, 0.3) is 5.91 Å². The molecule has 0 fully saturated rings. The van der Waals surface area contributed by atoms with Crippen molar-refractivity contribution >= 4 is 23.5 Å². The van der Waals surface area contributed by atoms with Gasteiger partial charge in [-0.25, -0.2) is 9.48 Å². The number of carboxylic acids is 1. The molecule has 0 saturated heterocycles. The molecule has 1 aromatic heterocycles. The highest BCUT2D eigenvalue weighted by atomic mass is 35.5. The molecule has 6 nitrogen and oxygen atoms in total. The van der Waals surface area contributed by atoms with Crippen LogP contribution in [-0.4, -0.2) is 32.8 Å². The third-order valence-corrected chi connectivity index (χ3v) is 3.35. The summed E-state index contributed by atoms with van der Waals surface area (Å²) in [5.74, 6) is -1.82. The lowest BCUT2D eigenvalue weighted by molar-refractivity contribution is -0.140. The summed E-state index contributed by atoms with van der Waals surface area (Å²) < 4.78 is 1.51. The molecule has 0 aliphatic heterocycles.